The van der Waals surface area contributed by atoms with Crippen LogP contribution < -0.4 is 4.90 Å². The molecule has 2 rings (SSSR count). The molecule has 4 nitrogen and oxygen atoms in total. The molecule has 1 aliphatic rings. The zero-order chi connectivity index (χ0) is 14.2. The summed E-state index contributed by atoms with van der Waals surface area (Å²) in [5.74, 6) is -2.39. The van der Waals surface area contributed by atoms with E-state index in [1.165, 1.54) is 4.90 Å². The van der Waals surface area contributed by atoms with Crippen molar-refractivity contribution in [1.82, 2.24) is 0 Å². The van der Waals surface area contributed by atoms with Gasteiger partial charge in [0.2, 0.25) is 5.91 Å². The van der Waals surface area contributed by atoms with E-state index in [9.17, 15) is 14.0 Å². The number of hydrogen-bond acceptors (Lipinski definition) is 2. The summed E-state index contributed by atoms with van der Waals surface area (Å²) in [4.78, 5) is 24.3. The minimum absolute atomic E-state index is 0.0462. The van der Waals surface area contributed by atoms with Crippen molar-refractivity contribution >= 4 is 29.2 Å². The molecule has 1 aromatic carbocycles. The lowest BCUT2D eigenvalue weighted by atomic mass is 10.1. The lowest BCUT2D eigenvalue weighted by Crippen LogP contribution is -2.27. The predicted molar refractivity (Wildman–Crippen MR) is 69.0 cm³/mol. The second-order valence-electron chi connectivity index (χ2n) is 4.29. The summed E-state index contributed by atoms with van der Waals surface area (Å²) in [5, 5.41) is 9.01. The van der Waals surface area contributed by atoms with Crippen molar-refractivity contribution in [1.29, 1.82) is 0 Å². The first kappa shape index (κ1) is 13.5. The number of carboxylic acid groups (broad SMARTS) is 1. The predicted octanol–water partition coefficient (Wildman–Crippen LogP) is 2.72. The van der Waals surface area contributed by atoms with Crippen LogP contribution >= 0.6 is 11.6 Å². The molecule has 19 heavy (non-hydrogen) atoms. The number of aromatic carboxylic acids is 1. The summed E-state index contributed by atoms with van der Waals surface area (Å²) >= 11 is 5.89. The van der Waals surface area contributed by atoms with E-state index in [0.29, 0.717) is 6.54 Å². The summed E-state index contributed by atoms with van der Waals surface area (Å²) < 4.78 is 13.2. The van der Waals surface area contributed by atoms with E-state index in [2.05, 4.69) is 6.58 Å². The smallest absolute Gasteiger partial charge is 0.337 e. The molecule has 1 heterocycles. The van der Waals surface area contributed by atoms with Crippen LogP contribution in [0.2, 0.25) is 5.02 Å². The minimum atomic E-state index is -1.33. The van der Waals surface area contributed by atoms with Crippen molar-refractivity contribution in [3.63, 3.8) is 0 Å². The quantitative estimate of drug-likeness (QED) is 0.868. The summed E-state index contributed by atoms with van der Waals surface area (Å²) in [7, 11) is 0. The van der Waals surface area contributed by atoms with Crippen LogP contribution in [0, 0.1) is 11.7 Å². The zero-order valence-electron chi connectivity index (χ0n) is 9.90. The Balaban J connectivity index is 2.53. The Bertz CT molecular complexity index is 573. The lowest BCUT2D eigenvalue weighted by molar-refractivity contribution is -0.117. The minimum Gasteiger partial charge on any atom is -0.478 e. The van der Waals surface area contributed by atoms with Crippen LogP contribution in [0.1, 0.15) is 16.8 Å². The molecular formula is C13H11ClFNO3. The molecule has 1 atom stereocenters. The highest BCUT2D eigenvalue weighted by Crippen LogP contribution is 2.35. The van der Waals surface area contributed by atoms with E-state index < -0.39 is 11.8 Å². The third-order valence-electron chi connectivity index (χ3n) is 3.02. The Hall–Kier alpha value is -1.88. The summed E-state index contributed by atoms with van der Waals surface area (Å²) in [6, 6.07) is 1.86. The Kier molecular flexibility index (Phi) is 3.57. The van der Waals surface area contributed by atoms with E-state index in [0.717, 1.165) is 12.1 Å². The fraction of sp³-hybridized carbons (Fsp3) is 0.231. The van der Waals surface area contributed by atoms with Gasteiger partial charge in [-0.15, -0.1) is 6.58 Å². The maximum atomic E-state index is 13.2. The van der Waals surface area contributed by atoms with Crippen molar-refractivity contribution in [3.8, 4) is 0 Å². The first-order valence-corrected chi connectivity index (χ1v) is 5.97. The molecule has 0 aliphatic carbocycles. The van der Waals surface area contributed by atoms with Crippen molar-refractivity contribution in [2.45, 2.75) is 6.42 Å². The number of amides is 1. The van der Waals surface area contributed by atoms with Crippen molar-refractivity contribution in [2.24, 2.45) is 5.92 Å². The lowest BCUT2D eigenvalue weighted by Gasteiger charge is -2.20. The van der Waals surface area contributed by atoms with Gasteiger partial charge in [0.25, 0.3) is 0 Å². The van der Waals surface area contributed by atoms with Gasteiger partial charge in [-0.25, -0.2) is 9.18 Å². The highest BCUT2D eigenvalue weighted by Gasteiger charge is 2.33. The Morgan fingerprint density at radius 3 is 2.79 bits per heavy atom. The number of halogens is 2. The average molecular weight is 284 g/mol. The third-order valence-corrected chi connectivity index (χ3v) is 3.30. The van der Waals surface area contributed by atoms with Crippen molar-refractivity contribution < 1.29 is 19.1 Å². The molecule has 0 spiro atoms. The highest BCUT2D eigenvalue weighted by molar-refractivity contribution is 6.34. The molecule has 1 amide bonds. The van der Waals surface area contributed by atoms with Gasteiger partial charge in [-0.3, -0.25) is 4.79 Å². The SMILES string of the molecule is C=CC1CC(=O)N(c2c(Cl)cc(F)cc2C(=O)O)C1. The third kappa shape index (κ3) is 2.46. The number of benzene rings is 1. The average Bonchev–Trinajstić information content (AvgIpc) is 2.69. The molecule has 0 saturated carbocycles. The van der Waals surface area contributed by atoms with Gasteiger partial charge in [-0.05, 0) is 12.1 Å². The van der Waals surface area contributed by atoms with Crippen LogP contribution in [0.5, 0.6) is 0 Å². The molecular weight excluding hydrogens is 273 g/mol. The Labute approximate surface area is 114 Å². The van der Waals surface area contributed by atoms with Gasteiger partial charge in [0.1, 0.15) is 5.82 Å². The molecule has 1 N–H and O–H groups in total. The van der Waals surface area contributed by atoms with Gasteiger partial charge >= 0.3 is 5.97 Å². The molecule has 1 aromatic rings. The maximum absolute atomic E-state index is 13.2. The second kappa shape index (κ2) is 5.01. The fourth-order valence-corrected chi connectivity index (χ4v) is 2.42. The molecule has 6 heteroatoms. The van der Waals surface area contributed by atoms with Crippen LogP contribution in [0.15, 0.2) is 24.8 Å². The molecule has 1 fully saturated rings. The summed E-state index contributed by atoms with van der Waals surface area (Å²) in [6.07, 6.45) is 1.88. The largest absolute Gasteiger partial charge is 0.478 e. The standard InChI is InChI=1S/C13H11ClFNO3/c1-2-7-3-11(17)16(6-7)12-9(13(18)19)4-8(15)5-10(12)14/h2,4-5,7H,1,3,6H2,(H,18,19). The van der Waals surface area contributed by atoms with Gasteiger partial charge in [0.05, 0.1) is 16.3 Å². The monoisotopic (exact) mass is 283 g/mol. The Morgan fingerprint density at radius 2 is 2.26 bits per heavy atom. The van der Waals surface area contributed by atoms with Gasteiger partial charge in [0, 0.05) is 18.9 Å². The molecule has 100 valence electrons. The summed E-state index contributed by atoms with van der Waals surface area (Å²) in [6.45, 7) is 3.91. The first-order valence-electron chi connectivity index (χ1n) is 5.59. The van der Waals surface area contributed by atoms with Gasteiger partial charge in [-0.1, -0.05) is 17.7 Å². The van der Waals surface area contributed by atoms with Crippen LogP contribution in [0.25, 0.3) is 0 Å². The zero-order valence-corrected chi connectivity index (χ0v) is 10.7. The van der Waals surface area contributed by atoms with E-state index in [1.807, 2.05) is 0 Å². The molecule has 1 unspecified atom stereocenters. The van der Waals surface area contributed by atoms with Crippen LogP contribution in [0.4, 0.5) is 10.1 Å². The summed E-state index contributed by atoms with van der Waals surface area (Å²) in [5.41, 5.74) is -0.270. The van der Waals surface area contributed by atoms with Gasteiger partial charge in [0.15, 0.2) is 0 Å². The second-order valence-corrected chi connectivity index (χ2v) is 4.70. The highest BCUT2D eigenvalue weighted by atomic mass is 35.5. The van der Waals surface area contributed by atoms with Crippen molar-refractivity contribution in [2.75, 3.05) is 11.4 Å². The number of carboxylic acids is 1. The number of hydrogen-bond donors (Lipinski definition) is 1. The number of anilines is 1. The molecule has 0 aromatic heterocycles. The number of carbonyl (C=O) groups excluding carboxylic acids is 1. The van der Waals surface area contributed by atoms with Crippen LogP contribution in [-0.2, 0) is 4.79 Å². The maximum Gasteiger partial charge on any atom is 0.337 e. The number of rotatable bonds is 3. The van der Waals surface area contributed by atoms with E-state index in [1.54, 1.807) is 6.08 Å². The van der Waals surface area contributed by atoms with Crippen LogP contribution in [-0.4, -0.2) is 23.5 Å². The van der Waals surface area contributed by atoms with E-state index in [4.69, 9.17) is 16.7 Å². The normalized spacial score (nSPS) is 18.7. The van der Waals surface area contributed by atoms with Gasteiger partial charge in [-0.2, -0.15) is 0 Å². The fourth-order valence-electron chi connectivity index (χ4n) is 2.11. The molecule has 1 aliphatic heterocycles. The molecule has 0 bridgehead atoms. The van der Waals surface area contributed by atoms with Gasteiger partial charge < -0.3 is 10.0 Å². The number of nitrogens with zero attached hydrogens (tertiary/aromatic N) is 1. The van der Waals surface area contributed by atoms with Crippen molar-refractivity contribution in [3.05, 3.63) is 41.2 Å². The number of carbonyl (C=O) groups is 2. The Morgan fingerprint density at radius 1 is 1.58 bits per heavy atom. The van der Waals surface area contributed by atoms with E-state index >= 15 is 0 Å². The molecule has 0 radical (unpaired) electrons. The van der Waals surface area contributed by atoms with E-state index in [-0.39, 0.29) is 34.5 Å². The first-order chi connectivity index (χ1) is 8.93. The van der Waals surface area contributed by atoms with Crippen LogP contribution in [0.3, 0.4) is 0 Å². The topological polar surface area (TPSA) is 57.6 Å². The molecule has 1 saturated heterocycles.